The minimum absolute atomic E-state index is 0.147. The van der Waals surface area contributed by atoms with Crippen LogP contribution in [0, 0.1) is 5.82 Å². The molecule has 0 aromatic heterocycles. The Bertz CT molecular complexity index is 585. The summed E-state index contributed by atoms with van der Waals surface area (Å²) in [6, 6.07) is 0.831. The number of amides is 1. The van der Waals surface area contributed by atoms with Gasteiger partial charge in [0.05, 0.1) is 5.56 Å². The minimum atomic E-state index is -4.92. The smallest absolute Gasteiger partial charge is 0.419 e. The lowest BCUT2D eigenvalue weighted by Crippen LogP contribution is -2.40. The standard InChI is InChI=1S/C13H11F4NO3/c14-9-4-3-7(6-8(9)13(15,16)17)11(19)18-5-1-2-10(18)12(20)21/h3-4,6,10H,1-2,5H2,(H,20,21)/t10-/m1/s1. The van der Waals surface area contributed by atoms with Gasteiger partial charge in [-0.2, -0.15) is 13.2 Å². The number of carboxylic acids is 1. The van der Waals surface area contributed by atoms with E-state index in [-0.39, 0.29) is 18.5 Å². The van der Waals surface area contributed by atoms with E-state index in [0.717, 1.165) is 11.0 Å². The van der Waals surface area contributed by atoms with E-state index in [1.165, 1.54) is 0 Å². The molecule has 1 heterocycles. The van der Waals surface area contributed by atoms with E-state index in [2.05, 4.69) is 0 Å². The fourth-order valence-electron chi connectivity index (χ4n) is 2.31. The van der Waals surface area contributed by atoms with Gasteiger partial charge in [0.2, 0.25) is 0 Å². The maximum absolute atomic E-state index is 13.2. The number of likely N-dealkylation sites (tertiary alicyclic amines) is 1. The molecule has 1 N–H and O–H groups in total. The summed E-state index contributed by atoms with van der Waals surface area (Å²) in [4.78, 5) is 24.1. The van der Waals surface area contributed by atoms with E-state index in [9.17, 15) is 27.2 Å². The monoisotopic (exact) mass is 305 g/mol. The van der Waals surface area contributed by atoms with Crippen molar-refractivity contribution in [1.29, 1.82) is 0 Å². The first-order valence-electron chi connectivity index (χ1n) is 6.12. The van der Waals surface area contributed by atoms with Crippen molar-refractivity contribution in [2.24, 2.45) is 0 Å². The zero-order valence-electron chi connectivity index (χ0n) is 10.7. The van der Waals surface area contributed by atoms with Crippen LogP contribution in [0.25, 0.3) is 0 Å². The Morgan fingerprint density at radius 2 is 1.95 bits per heavy atom. The van der Waals surface area contributed by atoms with Crippen molar-refractivity contribution < 1.29 is 32.3 Å². The maximum atomic E-state index is 13.2. The molecule has 1 saturated heterocycles. The Kier molecular flexibility index (Phi) is 3.89. The molecule has 1 atom stereocenters. The molecule has 0 saturated carbocycles. The Labute approximate surface area is 117 Å². The number of alkyl halides is 3. The molecule has 1 aliphatic rings. The molecule has 0 spiro atoms. The lowest BCUT2D eigenvalue weighted by Gasteiger charge is -2.22. The highest BCUT2D eigenvalue weighted by atomic mass is 19.4. The number of carboxylic acid groups (broad SMARTS) is 1. The normalized spacial score (nSPS) is 18.9. The Hall–Kier alpha value is -2.12. The molecule has 0 radical (unpaired) electrons. The third-order valence-electron chi connectivity index (χ3n) is 3.32. The zero-order chi connectivity index (χ0) is 15.8. The molecule has 0 bridgehead atoms. The number of nitrogens with zero attached hydrogens (tertiary/aromatic N) is 1. The molecule has 1 aliphatic heterocycles. The van der Waals surface area contributed by atoms with E-state index in [1.54, 1.807) is 0 Å². The number of hydrogen-bond acceptors (Lipinski definition) is 2. The summed E-state index contributed by atoms with van der Waals surface area (Å²) < 4.78 is 51.0. The predicted octanol–water partition coefficient (Wildman–Crippen LogP) is 2.53. The van der Waals surface area contributed by atoms with Gasteiger partial charge in [-0.25, -0.2) is 9.18 Å². The van der Waals surface area contributed by atoms with Gasteiger partial charge < -0.3 is 10.0 Å². The highest BCUT2D eigenvalue weighted by Gasteiger charge is 2.37. The van der Waals surface area contributed by atoms with Gasteiger partial charge in [-0.05, 0) is 31.0 Å². The molecule has 2 rings (SSSR count). The molecule has 1 aromatic carbocycles. The SMILES string of the molecule is O=C(O)[C@H]1CCCN1C(=O)c1ccc(F)c(C(F)(F)F)c1. The molecule has 114 valence electrons. The van der Waals surface area contributed by atoms with Gasteiger partial charge >= 0.3 is 12.1 Å². The summed E-state index contributed by atoms with van der Waals surface area (Å²) in [6.07, 6.45) is -4.22. The molecular formula is C13H11F4NO3. The fraction of sp³-hybridized carbons (Fsp3) is 0.385. The van der Waals surface area contributed by atoms with E-state index < -0.39 is 35.5 Å². The summed E-state index contributed by atoms with van der Waals surface area (Å²) >= 11 is 0. The lowest BCUT2D eigenvalue weighted by molar-refractivity contribution is -0.142. The van der Waals surface area contributed by atoms with E-state index in [0.29, 0.717) is 18.6 Å². The Morgan fingerprint density at radius 1 is 1.29 bits per heavy atom. The number of hydrogen-bond donors (Lipinski definition) is 1. The number of carbonyl (C=O) groups is 2. The van der Waals surface area contributed by atoms with E-state index in [4.69, 9.17) is 5.11 Å². The van der Waals surface area contributed by atoms with Crippen molar-refractivity contribution in [2.75, 3.05) is 6.54 Å². The molecular weight excluding hydrogens is 294 g/mol. The van der Waals surface area contributed by atoms with Crippen LogP contribution in [0.2, 0.25) is 0 Å². The van der Waals surface area contributed by atoms with Crippen LogP contribution in [-0.4, -0.2) is 34.5 Å². The number of benzene rings is 1. The van der Waals surface area contributed by atoms with Crippen LogP contribution in [0.3, 0.4) is 0 Å². The molecule has 1 aromatic rings. The average molecular weight is 305 g/mol. The first-order valence-corrected chi connectivity index (χ1v) is 6.12. The lowest BCUT2D eigenvalue weighted by atomic mass is 10.1. The van der Waals surface area contributed by atoms with Crippen LogP contribution >= 0.6 is 0 Å². The van der Waals surface area contributed by atoms with Gasteiger partial charge in [-0.15, -0.1) is 0 Å². The number of rotatable bonds is 2. The number of halogens is 4. The van der Waals surface area contributed by atoms with Crippen LogP contribution < -0.4 is 0 Å². The van der Waals surface area contributed by atoms with Crippen molar-refractivity contribution in [3.05, 3.63) is 35.1 Å². The molecule has 1 amide bonds. The quantitative estimate of drug-likeness (QED) is 0.854. The van der Waals surface area contributed by atoms with E-state index >= 15 is 0 Å². The van der Waals surface area contributed by atoms with Crippen LogP contribution in [0.15, 0.2) is 18.2 Å². The highest BCUT2D eigenvalue weighted by Crippen LogP contribution is 2.32. The summed E-state index contributed by atoms with van der Waals surface area (Å²) in [7, 11) is 0. The predicted molar refractivity (Wildman–Crippen MR) is 63.1 cm³/mol. The highest BCUT2D eigenvalue weighted by molar-refractivity contribution is 5.97. The molecule has 0 aliphatic carbocycles. The third kappa shape index (κ3) is 2.98. The number of aliphatic carboxylic acids is 1. The first kappa shape index (κ1) is 15.3. The topological polar surface area (TPSA) is 57.6 Å². The van der Waals surface area contributed by atoms with Gasteiger partial charge in [0.25, 0.3) is 5.91 Å². The fourth-order valence-corrected chi connectivity index (χ4v) is 2.31. The second kappa shape index (κ2) is 5.34. The zero-order valence-corrected chi connectivity index (χ0v) is 10.7. The minimum Gasteiger partial charge on any atom is -0.480 e. The maximum Gasteiger partial charge on any atom is 0.419 e. The van der Waals surface area contributed by atoms with Gasteiger partial charge in [-0.3, -0.25) is 4.79 Å². The summed E-state index contributed by atoms with van der Waals surface area (Å²) in [5, 5.41) is 8.97. The van der Waals surface area contributed by atoms with Crippen molar-refractivity contribution in [3.63, 3.8) is 0 Å². The molecule has 0 unspecified atom stereocenters. The van der Waals surface area contributed by atoms with Crippen LogP contribution in [0.4, 0.5) is 17.6 Å². The second-order valence-corrected chi connectivity index (χ2v) is 4.69. The van der Waals surface area contributed by atoms with Crippen molar-refractivity contribution in [2.45, 2.75) is 25.1 Å². The van der Waals surface area contributed by atoms with Crippen molar-refractivity contribution in [1.82, 2.24) is 4.90 Å². The Balaban J connectivity index is 2.34. The van der Waals surface area contributed by atoms with Gasteiger partial charge in [0.1, 0.15) is 11.9 Å². The second-order valence-electron chi connectivity index (χ2n) is 4.69. The third-order valence-corrected chi connectivity index (χ3v) is 3.32. The molecule has 8 heteroatoms. The molecule has 4 nitrogen and oxygen atoms in total. The number of carbonyl (C=O) groups excluding carboxylic acids is 1. The Morgan fingerprint density at radius 3 is 2.52 bits per heavy atom. The van der Waals surface area contributed by atoms with Crippen LogP contribution in [-0.2, 0) is 11.0 Å². The largest absolute Gasteiger partial charge is 0.480 e. The summed E-state index contributed by atoms with van der Waals surface area (Å²) in [6.45, 7) is 0.147. The van der Waals surface area contributed by atoms with Gasteiger partial charge in [0.15, 0.2) is 0 Å². The van der Waals surface area contributed by atoms with E-state index in [1.807, 2.05) is 0 Å². The summed E-state index contributed by atoms with van der Waals surface area (Å²) in [5.74, 6) is -3.53. The van der Waals surface area contributed by atoms with Gasteiger partial charge in [-0.1, -0.05) is 0 Å². The molecule has 21 heavy (non-hydrogen) atoms. The van der Waals surface area contributed by atoms with Crippen molar-refractivity contribution in [3.8, 4) is 0 Å². The summed E-state index contributed by atoms with van der Waals surface area (Å²) in [5.41, 5.74) is -1.92. The molecule has 1 fully saturated rings. The first-order chi connectivity index (χ1) is 9.71. The van der Waals surface area contributed by atoms with Crippen LogP contribution in [0.1, 0.15) is 28.8 Å². The average Bonchev–Trinajstić information content (AvgIpc) is 2.86. The van der Waals surface area contributed by atoms with Crippen molar-refractivity contribution >= 4 is 11.9 Å². The van der Waals surface area contributed by atoms with Gasteiger partial charge in [0, 0.05) is 12.1 Å². The van der Waals surface area contributed by atoms with Crippen LogP contribution in [0.5, 0.6) is 0 Å².